The number of halogens is 1. The number of hydrogen-bond acceptors (Lipinski definition) is 3. The van der Waals surface area contributed by atoms with E-state index >= 15 is 0 Å². The quantitative estimate of drug-likeness (QED) is 0.444. The smallest absolute Gasteiger partial charge is 0.307 e. The molecule has 4 nitrogen and oxygen atoms in total. The maximum atomic E-state index is 13.0. The Balaban J connectivity index is 1.76. The summed E-state index contributed by atoms with van der Waals surface area (Å²) in [4.78, 5) is 28.5. The van der Waals surface area contributed by atoms with Gasteiger partial charge < -0.3 is 10.1 Å². The van der Waals surface area contributed by atoms with Gasteiger partial charge in [-0.05, 0) is 29.1 Å². The molecule has 0 atom stereocenters. The fraction of sp³-hybridized carbons (Fsp3) is 0.0476. The number of aliphatic carboxylic acids is 1. The van der Waals surface area contributed by atoms with E-state index in [4.69, 9.17) is 11.6 Å². The molecule has 4 rings (SSSR count). The van der Waals surface area contributed by atoms with E-state index in [1.165, 1.54) is 0 Å². The van der Waals surface area contributed by atoms with Gasteiger partial charge in [0.1, 0.15) is 0 Å². The van der Waals surface area contributed by atoms with Crippen LogP contribution < -0.4 is 0 Å². The van der Waals surface area contributed by atoms with Crippen molar-refractivity contribution in [3.8, 4) is 10.4 Å². The summed E-state index contributed by atoms with van der Waals surface area (Å²) in [6.45, 7) is 0. The highest BCUT2D eigenvalue weighted by Crippen LogP contribution is 2.29. The van der Waals surface area contributed by atoms with Crippen molar-refractivity contribution in [2.24, 2.45) is 0 Å². The number of thiophene rings is 1. The fourth-order valence-corrected chi connectivity index (χ4v) is 4.03. The number of aromatic amines is 1. The van der Waals surface area contributed by atoms with Gasteiger partial charge in [0.25, 0.3) is 0 Å². The molecule has 0 fully saturated rings. The molecule has 4 aromatic rings. The molecule has 0 bridgehead atoms. The van der Waals surface area contributed by atoms with Crippen LogP contribution in [0.4, 0.5) is 0 Å². The molecule has 0 saturated carbocycles. The second-order valence-electron chi connectivity index (χ2n) is 6.12. The van der Waals surface area contributed by atoms with Gasteiger partial charge in [-0.3, -0.25) is 9.59 Å². The average Bonchev–Trinajstić information content (AvgIpc) is 3.29. The highest BCUT2D eigenvalue weighted by atomic mass is 35.5. The standard InChI is InChI=1S/C21H14ClNO3S/c22-14-7-8-15-16(11-19(24)25)20(23-17(15)10-14)21(26)13-5-3-12(4-6-13)18-2-1-9-27-18/h1-10,23H,11H2,(H,24,25). The molecule has 0 radical (unpaired) electrons. The van der Waals surface area contributed by atoms with Gasteiger partial charge in [0.15, 0.2) is 0 Å². The van der Waals surface area contributed by atoms with Crippen LogP contribution in [0.25, 0.3) is 21.3 Å². The molecule has 2 aromatic heterocycles. The minimum absolute atomic E-state index is 0.240. The topological polar surface area (TPSA) is 70.2 Å². The first kappa shape index (κ1) is 17.5. The minimum atomic E-state index is -0.993. The van der Waals surface area contributed by atoms with E-state index in [2.05, 4.69) is 4.98 Å². The molecule has 2 aromatic carbocycles. The Kier molecular flexibility index (Phi) is 4.56. The molecule has 0 unspecified atom stereocenters. The van der Waals surface area contributed by atoms with Gasteiger partial charge in [0.05, 0.1) is 12.1 Å². The van der Waals surface area contributed by atoms with Crippen LogP contribution in [0.15, 0.2) is 60.0 Å². The molecular formula is C21H14ClNO3S. The molecule has 0 aliphatic heterocycles. The van der Waals surface area contributed by atoms with Crippen LogP contribution in [0.3, 0.4) is 0 Å². The summed E-state index contributed by atoms with van der Waals surface area (Å²) >= 11 is 7.66. The van der Waals surface area contributed by atoms with Gasteiger partial charge in [-0.2, -0.15) is 0 Å². The van der Waals surface area contributed by atoms with E-state index < -0.39 is 5.97 Å². The Morgan fingerprint density at radius 3 is 2.52 bits per heavy atom. The van der Waals surface area contributed by atoms with Crippen LogP contribution in [0.2, 0.25) is 5.02 Å². The minimum Gasteiger partial charge on any atom is -0.481 e. The number of ketones is 1. The summed E-state index contributed by atoms with van der Waals surface area (Å²) in [5.41, 5.74) is 2.95. The molecule has 2 heterocycles. The molecule has 6 heteroatoms. The summed E-state index contributed by atoms with van der Waals surface area (Å²) < 4.78 is 0. The largest absolute Gasteiger partial charge is 0.481 e. The van der Waals surface area contributed by atoms with Gasteiger partial charge in [-0.25, -0.2) is 0 Å². The number of fused-ring (bicyclic) bond motifs is 1. The number of aromatic nitrogens is 1. The van der Waals surface area contributed by atoms with Crippen molar-refractivity contribution in [3.63, 3.8) is 0 Å². The van der Waals surface area contributed by atoms with E-state index in [1.54, 1.807) is 41.7 Å². The number of H-pyrrole nitrogens is 1. The van der Waals surface area contributed by atoms with Crippen LogP contribution in [0.1, 0.15) is 21.6 Å². The zero-order valence-corrected chi connectivity index (χ0v) is 15.6. The Hall–Kier alpha value is -2.89. The number of benzene rings is 2. The summed E-state index contributed by atoms with van der Waals surface area (Å²) in [5.74, 6) is -1.23. The van der Waals surface area contributed by atoms with Gasteiger partial charge in [0.2, 0.25) is 5.78 Å². The number of carboxylic acid groups (broad SMARTS) is 1. The second kappa shape index (κ2) is 7.02. The van der Waals surface area contributed by atoms with Crippen LogP contribution in [0.5, 0.6) is 0 Å². The predicted octanol–water partition coefficient (Wildman–Crippen LogP) is 5.41. The van der Waals surface area contributed by atoms with Crippen molar-refractivity contribution in [2.45, 2.75) is 6.42 Å². The third kappa shape index (κ3) is 3.39. The molecule has 0 aliphatic rings. The molecule has 0 aliphatic carbocycles. The van der Waals surface area contributed by atoms with Gasteiger partial charge >= 0.3 is 5.97 Å². The van der Waals surface area contributed by atoms with Crippen molar-refractivity contribution >= 4 is 45.6 Å². The van der Waals surface area contributed by atoms with Gasteiger partial charge in [-0.1, -0.05) is 48.0 Å². The van der Waals surface area contributed by atoms with Crippen molar-refractivity contribution in [2.75, 3.05) is 0 Å². The first-order valence-corrected chi connectivity index (χ1v) is 9.49. The maximum Gasteiger partial charge on any atom is 0.307 e. The van der Waals surface area contributed by atoms with E-state index in [1.807, 2.05) is 29.6 Å². The number of carbonyl (C=O) groups is 2. The van der Waals surface area contributed by atoms with Gasteiger partial charge in [-0.15, -0.1) is 11.3 Å². The van der Waals surface area contributed by atoms with Gasteiger partial charge in [0, 0.05) is 31.9 Å². The number of nitrogens with one attached hydrogen (secondary N) is 1. The Bertz CT molecular complexity index is 1140. The molecule has 0 spiro atoms. The Labute approximate surface area is 164 Å². The number of hydrogen-bond donors (Lipinski definition) is 2. The lowest BCUT2D eigenvalue weighted by Gasteiger charge is -2.04. The zero-order chi connectivity index (χ0) is 19.0. The van der Waals surface area contributed by atoms with Crippen molar-refractivity contribution < 1.29 is 14.7 Å². The van der Waals surface area contributed by atoms with Crippen molar-refractivity contribution in [3.05, 3.63) is 81.8 Å². The molecular weight excluding hydrogens is 382 g/mol. The monoisotopic (exact) mass is 395 g/mol. The lowest BCUT2D eigenvalue weighted by molar-refractivity contribution is -0.136. The lowest BCUT2D eigenvalue weighted by Crippen LogP contribution is -2.08. The first-order chi connectivity index (χ1) is 13.0. The molecule has 134 valence electrons. The SMILES string of the molecule is O=C(O)Cc1c(C(=O)c2ccc(-c3cccs3)cc2)[nH]c2cc(Cl)ccc12. The highest BCUT2D eigenvalue weighted by molar-refractivity contribution is 7.13. The second-order valence-corrected chi connectivity index (χ2v) is 7.51. The molecule has 0 saturated heterocycles. The van der Waals surface area contributed by atoms with E-state index in [-0.39, 0.29) is 12.2 Å². The number of carbonyl (C=O) groups excluding carboxylic acids is 1. The lowest BCUT2D eigenvalue weighted by atomic mass is 10.0. The fourth-order valence-electron chi connectivity index (χ4n) is 3.13. The number of rotatable bonds is 5. The summed E-state index contributed by atoms with van der Waals surface area (Å²) in [6.07, 6.45) is -0.240. The van der Waals surface area contributed by atoms with E-state index in [0.29, 0.717) is 32.7 Å². The molecule has 0 amide bonds. The maximum absolute atomic E-state index is 13.0. The van der Waals surface area contributed by atoms with Crippen LogP contribution in [0, 0.1) is 0 Å². The Morgan fingerprint density at radius 1 is 1.07 bits per heavy atom. The van der Waals surface area contributed by atoms with Crippen molar-refractivity contribution in [1.82, 2.24) is 4.98 Å². The average molecular weight is 396 g/mol. The highest BCUT2D eigenvalue weighted by Gasteiger charge is 2.21. The zero-order valence-electron chi connectivity index (χ0n) is 14.0. The Morgan fingerprint density at radius 2 is 1.85 bits per heavy atom. The van der Waals surface area contributed by atoms with E-state index in [0.717, 1.165) is 10.4 Å². The van der Waals surface area contributed by atoms with Crippen LogP contribution in [-0.2, 0) is 11.2 Å². The summed E-state index contributed by atoms with van der Waals surface area (Å²) in [7, 11) is 0. The first-order valence-electron chi connectivity index (χ1n) is 8.23. The normalized spacial score (nSPS) is 11.0. The summed E-state index contributed by atoms with van der Waals surface area (Å²) in [6, 6.07) is 16.4. The van der Waals surface area contributed by atoms with E-state index in [9.17, 15) is 14.7 Å². The number of carboxylic acids is 1. The third-order valence-electron chi connectivity index (χ3n) is 4.38. The predicted molar refractivity (Wildman–Crippen MR) is 108 cm³/mol. The van der Waals surface area contributed by atoms with Crippen LogP contribution >= 0.6 is 22.9 Å². The summed E-state index contributed by atoms with van der Waals surface area (Å²) in [5, 5.41) is 12.5. The third-order valence-corrected chi connectivity index (χ3v) is 5.53. The van der Waals surface area contributed by atoms with Crippen LogP contribution in [-0.4, -0.2) is 21.8 Å². The molecule has 2 N–H and O–H groups in total. The molecule has 27 heavy (non-hydrogen) atoms. The van der Waals surface area contributed by atoms with Crippen molar-refractivity contribution in [1.29, 1.82) is 0 Å².